The van der Waals surface area contributed by atoms with Gasteiger partial charge in [-0.3, -0.25) is 14.4 Å². The lowest BCUT2D eigenvalue weighted by atomic mass is 10.1. The molecule has 2 aliphatic heterocycles. The van der Waals surface area contributed by atoms with E-state index in [2.05, 4.69) is 14.9 Å². The number of carbonyl (C=O) groups excluding carboxylic acids is 1. The summed E-state index contributed by atoms with van der Waals surface area (Å²) in [5, 5.41) is 5.37. The molecule has 30 heavy (non-hydrogen) atoms. The van der Waals surface area contributed by atoms with Crippen LogP contribution in [0.5, 0.6) is 0 Å². The Bertz CT molecular complexity index is 882. The highest BCUT2D eigenvalue weighted by molar-refractivity contribution is 6.31. The molecular weight excluding hydrogens is 398 g/mol. The Morgan fingerprint density at radius 1 is 0.967 bits per heavy atom. The number of benzene rings is 1. The molecule has 2 saturated heterocycles. The number of aromatic nitrogens is 2. The lowest BCUT2D eigenvalue weighted by molar-refractivity contribution is 0.0625. The highest BCUT2D eigenvalue weighted by Gasteiger charge is 2.27. The summed E-state index contributed by atoms with van der Waals surface area (Å²) in [5.41, 5.74) is 3.46. The van der Waals surface area contributed by atoms with Crippen LogP contribution in [0.4, 0.5) is 0 Å². The van der Waals surface area contributed by atoms with Crippen molar-refractivity contribution in [2.24, 2.45) is 0 Å². The van der Waals surface area contributed by atoms with Crippen LogP contribution in [0.3, 0.4) is 0 Å². The van der Waals surface area contributed by atoms with Crippen molar-refractivity contribution in [1.82, 2.24) is 24.5 Å². The zero-order valence-electron chi connectivity index (χ0n) is 18.1. The van der Waals surface area contributed by atoms with Crippen LogP contribution in [0, 0.1) is 13.8 Å². The Morgan fingerprint density at radius 2 is 1.60 bits per heavy atom. The van der Waals surface area contributed by atoms with Crippen molar-refractivity contribution in [1.29, 1.82) is 0 Å². The Hall–Kier alpha value is -1.89. The molecule has 0 atom stereocenters. The largest absolute Gasteiger partial charge is 0.336 e. The third kappa shape index (κ3) is 4.71. The number of rotatable bonds is 6. The molecule has 0 bridgehead atoms. The van der Waals surface area contributed by atoms with E-state index in [4.69, 9.17) is 11.6 Å². The number of likely N-dealkylation sites (tertiary alicyclic amines) is 1. The zero-order chi connectivity index (χ0) is 21.1. The summed E-state index contributed by atoms with van der Waals surface area (Å²) < 4.78 is 1.90. The molecule has 2 aliphatic rings. The summed E-state index contributed by atoms with van der Waals surface area (Å²) in [6.45, 7) is 12.7. The molecule has 7 heteroatoms. The highest BCUT2D eigenvalue weighted by atomic mass is 35.5. The van der Waals surface area contributed by atoms with Gasteiger partial charge >= 0.3 is 0 Å². The van der Waals surface area contributed by atoms with Gasteiger partial charge in [0.1, 0.15) is 0 Å². The van der Waals surface area contributed by atoms with Crippen molar-refractivity contribution in [3.63, 3.8) is 0 Å². The van der Waals surface area contributed by atoms with Gasteiger partial charge < -0.3 is 9.80 Å². The first-order valence-corrected chi connectivity index (χ1v) is 11.4. The molecule has 162 valence electrons. The first kappa shape index (κ1) is 21.3. The van der Waals surface area contributed by atoms with Gasteiger partial charge in [-0.25, -0.2) is 0 Å². The number of hydrogen-bond acceptors (Lipinski definition) is 4. The van der Waals surface area contributed by atoms with E-state index in [-0.39, 0.29) is 5.91 Å². The van der Waals surface area contributed by atoms with E-state index in [0.29, 0.717) is 6.54 Å². The minimum absolute atomic E-state index is 0.106. The molecule has 0 unspecified atom stereocenters. The van der Waals surface area contributed by atoms with Gasteiger partial charge in [0, 0.05) is 50.0 Å². The lowest BCUT2D eigenvalue weighted by Crippen LogP contribution is -2.50. The molecule has 0 N–H and O–H groups in total. The van der Waals surface area contributed by atoms with Crippen LogP contribution in [-0.4, -0.2) is 82.7 Å². The molecule has 0 saturated carbocycles. The van der Waals surface area contributed by atoms with Crippen molar-refractivity contribution in [2.75, 3.05) is 52.4 Å². The van der Waals surface area contributed by atoms with Crippen LogP contribution in [0.25, 0.3) is 0 Å². The molecule has 0 spiro atoms. The molecule has 2 aromatic rings. The first-order valence-electron chi connectivity index (χ1n) is 11.0. The van der Waals surface area contributed by atoms with Gasteiger partial charge in [0.25, 0.3) is 5.91 Å². The summed E-state index contributed by atoms with van der Waals surface area (Å²) in [4.78, 5) is 20.3. The molecule has 4 rings (SSSR count). The number of amides is 1. The predicted octanol–water partition coefficient (Wildman–Crippen LogP) is 3.06. The smallest absolute Gasteiger partial charge is 0.257 e. The number of halogens is 1. The average Bonchev–Trinajstić information content (AvgIpc) is 3.36. The predicted molar refractivity (Wildman–Crippen MR) is 120 cm³/mol. The Kier molecular flexibility index (Phi) is 6.76. The summed E-state index contributed by atoms with van der Waals surface area (Å²) in [6.07, 6.45) is 2.68. The van der Waals surface area contributed by atoms with Crippen molar-refractivity contribution >= 4 is 17.5 Å². The summed E-state index contributed by atoms with van der Waals surface area (Å²) in [7, 11) is 0. The van der Waals surface area contributed by atoms with Crippen LogP contribution in [0.1, 0.15) is 40.2 Å². The molecule has 1 amide bonds. The maximum atomic E-state index is 13.3. The lowest BCUT2D eigenvalue weighted by Gasteiger charge is -2.35. The number of carbonyl (C=O) groups is 1. The van der Waals surface area contributed by atoms with Crippen LogP contribution in [-0.2, 0) is 6.54 Å². The number of nitrogens with zero attached hydrogens (tertiary/aromatic N) is 5. The average molecular weight is 430 g/mol. The van der Waals surface area contributed by atoms with Gasteiger partial charge in [-0.2, -0.15) is 5.10 Å². The summed E-state index contributed by atoms with van der Waals surface area (Å²) in [6, 6.07) is 7.79. The van der Waals surface area contributed by atoms with Crippen LogP contribution < -0.4 is 0 Å². The third-order valence-corrected chi connectivity index (χ3v) is 6.83. The van der Waals surface area contributed by atoms with E-state index in [1.165, 1.54) is 25.9 Å². The van der Waals surface area contributed by atoms with Gasteiger partial charge in [0.15, 0.2) is 0 Å². The minimum atomic E-state index is 0.106. The van der Waals surface area contributed by atoms with Crippen molar-refractivity contribution < 1.29 is 4.79 Å². The maximum absolute atomic E-state index is 13.3. The van der Waals surface area contributed by atoms with Crippen LogP contribution in [0.15, 0.2) is 24.3 Å². The third-order valence-electron chi connectivity index (χ3n) is 6.46. The second kappa shape index (κ2) is 9.50. The van der Waals surface area contributed by atoms with E-state index in [1.807, 2.05) is 47.7 Å². The Balaban J connectivity index is 1.36. The van der Waals surface area contributed by atoms with Gasteiger partial charge in [-0.15, -0.1) is 0 Å². The fraction of sp³-hybridized carbons (Fsp3) is 0.565. The van der Waals surface area contributed by atoms with Crippen molar-refractivity contribution in [2.45, 2.75) is 33.2 Å². The minimum Gasteiger partial charge on any atom is -0.336 e. The highest BCUT2D eigenvalue weighted by Crippen LogP contribution is 2.21. The molecule has 1 aromatic carbocycles. The number of hydrogen-bond donors (Lipinski definition) is 0. The normalized spacial score (nSPS) is 18.3. The van der Waals surface area contributed by atoms with E-state index in [9.17, 15) is 4.79 Å². The topological polar surface area (TPSA) is 44.6 Å². The monoisotopic (exact) mass is 429 g/mol. The summed E-state index contributed by atoms with van der Waals surface area (Å²) in [5.74, 6) is 0.106. The second-order valence-electron chi connectivity index (χ2n) is 8.48. The number of aryl methyl sites for hydroxylation is 1. The standard InChI is InChI=1S/C23H32ClN5O/c1-18-22(19(2)29(25-18)17-20-7-3-4-8-21(20)24)23(30)28-15-13-27(14-16-28)12-11-26-9-5-6-10-26/h3-4,7-8H,5-6,9-17H2,1-2H3. The first-order chi connectivity index (χ1) is 14.5. The molecule has 1 aromatic heterocycles. The van der Waals surface area contributed by atoms with E-state index in [0.717, 1.165) is 66.8 Å². The van der Waals surface area contributed by atoms with E-state index in [1.54, 1.807) is 0 Å². The zero-order valence-corrected chi connectivity index (χ0v) is 18.9. The second-order valence-corrected chi connectivity index (χ2v) is 8.88. The maximum Gasteiger partial charge on any atom is 0.257 e. The van der Waals surface area contributed by atoms with E-state index < -0.39 is 0 Å². The molecular formula is C23H32ClN5O. The fourth-order valence-corrected chi connectivity index (χ4v) is 4.77. The van der Waals surface area contributed by atoms with Gasteiger partial charge in [0.05, 0.1) is 17.8 Å². The van der Waals surface area contributed by atoms with E-state index >= 15 is 0 Å². The van der Waals surface area contributed by atoms with Crippen LogP contribution >= 0.6 is 11.6 Å². The van der Waals surface area contributed by atoms with Gasteiger partial charge in [-0.1, -0.05) is 29.8 Å². The fourth-order valence-electron chi connectivity index (χ4n) is 4.57. The quantitative estimate of drug-likeness (QED) is 0.708. The van der Waals surface area contributed by atoms with Crippen LogP contribution in [0.2, 0.25) is 5.02 Å². The van der Waals surface area contributed by atoms with Gasteiger partial charge in [-0.05, 0) is 51.4 Å². The molecule has 3 heterocycles. The van der Waals surface area contributed by atoms with Gasteiger partial charge in [0.2, 0.25) is 0 Å². The molecule has 0 aliphatic carbocycles. The number of piperazine rings is 1. The SMILES string of the molecule is Cc1nn(Cc2ccccc2Cl)c(C)c1C(=O)N1CCN(CCN2CCCC2)CC1. The Morgan fingerprint density at radius 3 is 2.27 bits per heavy atom. The molecule has 0 radical (unpaired) electrons. The van der Waals surface area contributed by atoms with Crippen molar-refractivity contribution in [3.05, 3.63) is 51.8 Å². The molecule has 6 nitrogen and oxygen atoms in total. The van der Waals surface area contributed by atoms with Crippen molar-refractivity contribution in [3.8, 4) is 0 Å². The summed E-state index contributed by atoms with van der Waals surface area (Å²) >= 11 is 6.31. The Labute approximate surface area is 184 Å². The molecule has 2 fully saturated rings.